The summed E-state index contributed by atoms with van der Waals surface area (Å²) in [4.78, 5) is 55.4. The minimum atomic E-state index is -0.936. The van der Waals surface area contributed by atoms with Crippen molar-refractivity contribution < 1.29 is 23.6 Å². The third-order valence-electron chi connectivity index (χ3n) is 5.25. The van der Waals surface area contributed by atoms with Crippen LogP contribution in [-0.2, 0) is 38.7 Å². The fraction of sp³-hybridized carbons (Fsp3) is 0.304. The highest BCUT2D eigenvalue weighted by Gasteiger charge is 2.21. The molecule has 1 aromatic carbocycles. The van der Waals surface area contributed by atoms with Crippen molar-refractivity contribution in [3.05, 3.63) is 74.9 Å². The minimum absolute atomic E-state index is 0.131. The van der Waals surface area contributed by atoms with Gasteiger partial charge in [-0.2, -0.15) is 0 Å². The predicted molar refractivity (Wildman–Crippen MR) is 127 cm³/mol. The smallest absolute Gasteiger partial charge is 0.333 e. The third kappa shape index (κ3) is 5.41. The highest BCUT2D eigenvalue weighted by molar-refractivity contribution is 5.91. The van der Waals surface area contributed by atoms with Gasteiger partial charge in [0.15, 0.2) is 23.6 Å². The molecule has 4 rings (SSSR count). The molecule has 0 saturated heterocycles. The molecule has 13 nitrogen and oxygen atoms in total. The van der Waals surface area contributed by atoms with Gasteiger partial charge in [0.2, 0.25) is 0 Å². The van der Waals surface area contributed by atoms with E-state index in [1.807, 2.05) is 30.3 Å². The van der Waals surface area contributed by atoms with Gasteiger partial charge in [-0.25, -0.2) is 14.3 Å². The van der Waals surface area contributed by atoms with E-state index in [9.17, 15) is 19.2 Å². The number of fused-ring (bicyclic) bond motifs is 1. The second-order valence-corrected chi connectivity index (χ2v) is 7.88. The van der Waals surface area contributed by atoms with Crippen molar-refractivity contribution in [3.8, 4) is 0 Å². The van der Waals surface area contributed by atoms with Crippen molar-refractivity contribution in [2.75, 3.05) is 25.6 Å². The molecule has 0 saturated carbocycles. The molecule has 0 radical (unpaired) electrons. The quantitative estimate of drug-likeness (QED) is 0.310. The van der Waals surface area contributed by atoms with Gasteiger partial charge < -0.3 is 23.9 Å². The number of aromatic nitrogens is 5. The number of anilines is 1. The van der Waals surface area contributed by atoms with Gasteiger partial charge in [-0.15, -0.1) is 0 Å². The van der Waals surface area contributed by atoms with Crippen LogP contribution in [0.25, 0.3) is 11.2 Å². The van der Waals surface area contributed by atoms with Crippen molar-refractivity contribution in [1.82, 2.24) is 23.8 Å². The highest BCUT2D eigenvalue weighted by Crippen LogP contribution is 2.10. The first-order valence-corrected chi connectivity index (χ1v) is 11.0. The fourth-order valence-corrected chi connectivity index (χ4v) is 3.57. The topological polar surface area (TPSA) is 152 Å². The molecule has 0 aliphatic rings. The maximum atomic E-state index is 13.3. The Labute approximate surface area is 203 Å². The fourth-order valence-electron chi connectivity index (χ4n) is 3.57. The summed E-state index contributed by atoms with van der Waals surface area (Å²) in [7, 11) is 1.53. The number of esters is 1. The second kappa shape index (κ2) is 10.8. The largest absolute Gasteiger partial charge is 0.454 e. The number of rotatable bonds is 10. The number of carbonyl (C=O) groups excluding carboxylic acids is 2. The van der Waals surface area contributed by atoms with Gasteiger partial charge in [0, 0.05) is 19.7 Å². The first-order chi connectivity index (χ1) is 17.4. The summed E-state index contributed by atoms with van der Waals surface area (Å²) in [6.45, 7) is 1.10. The van der Waals surface area contributed by atoms with Crippen LogP contribution >= 0.6 is 0 Å². The van der Waals surface area contributed by atoms with E-state index in [1.54, 1.807) is 11.5 Å². The molecule has 0 bridgehead atoms. The Morgan fingerprint density at radius 2 is 1.92 bits per heavy atom. The zero-order valence-electron chi connectivity index (χ0n) is 19.7. The number of amides is 1. The lowest BCUT2D eigenvalue weighted by Gasteiger charge is -2.12. The molecular formula is C23H24N6O7. The highest BCUT2D eigenvalue weighted by atomic mass is 16.5. The Morgan fingerprint density at radius 3 is 2.61 bits per heavy atom. The molecule has 4 aromatic rings. The number of methoxy groups -OCH3 is 1. The number of imidazole rings is 1. The van der Waals surface area contributed by atoms with Gasteiger partial charge in [-0.1, -0.05) is 35.5 Å². The molecule has 1 N–H and O–H groups in total. The molecule has 0 fully saturated rings. The molecular weight excluding hydrogens is 472 g/mol. The van der Waals surface area contributed by atoms with Crippen LogP contribution in [0.4, 0.5) is 5.82 Å². The Morgan fingerprint density at radius 1 is 1.14 bits per heavy atom. The Hall–Kier alpha value is -4.52. The molecule has 0 spiro atoms. The van der Waals surface area contributed by atoms with Crippen molar-refractivity contribution in [3.63, 3.8) is 0 Å². The van der Waals surface area contributed by atoms with Gasteiger partial charge in [-0.3, -0.25) is 19.0 Å². The van der Waals surface area contributed by atoms with Crippen molar-refractivity contribution in [2.45, 2.75) is 26.6 Å². The average molecular weight is 496 g/mol. The normalized spacial score (nSPS) is 11.1. The van der Waals surface area contributed by atoms with Crippen molar-refractivity contribution in [2.24, 2.45) is 0 Å². The zero-order valence-corrected chi connectivity index (χ0v) is 19.7. The molecule has 3 heterocycles. The van der Waals surface area contributed by atoms with Crippen LogP contribution in [0, 0.1) is 6.92 Å². The summed E-state index contributed by atoms with van der Waals surface area (Å²) in [5, 5.41) is 6.03. The van der Waals surface area contributed by atoms with Crippen LogP contribution in [0.3, 0.4) is 0 Å². The number of aryl methyl sites for hydroxylation is 1. The number of ether oxygens (including phenoxy) is 2. The van der Waals surface area contributed by atoms with E-state index < -0.39 is 36.3 Å². The lowest BCUT2D eigenvalue weighted by atomic mass is 10.2. The van der Waals surface area contributed by atoms with E-state index in [1.165, 1.54) is 24.1 Å². The minimum Gasteiger partial charge on any atom is -0.454 e. The lowest BCUT2D eigenvalue weighted by Crippen LogP contribution is -2.43. The summed E-state index contributed by atoms with van der Waals surface area (Å²) in [5.41, 5.74) is -0.286. The number of nitrogens with one attached hydrogen (secondary N) is 1. The summed E-state index contributed by atoms with van der Waals surface area (Å²) in [6, 6.07) is 10.7. The van der Waals surface area contributed by atoms with Gasteiger partial charge in [0.25, 0.3) is 11.5 Å². The predicted octanol–water partition coefficient (Wildman–Crippen LogP) is 0.533. The number of benzene rings is 1. The lowest BCUT2D eigenvalue weighted by molar-refractivity contribution is -0.148. The summed E-state index contributed by atoms with van der Waals surface area (Å²) in [6.07, 6.45) is 1.45. The zero-order chi connectivity index (χ0) is 25.7. The van der Waals surface area contributed by atoms with Gasteiger partial charge in [0.05, 0.1) is 19.5 Å². The van der Waals surface area contributed by atoms with Gasteiger partial charge in [-0.05, 0) is 12.5 Å². The van der Waals surface area contributed by atoms with Crippen LogP contribution < -0.4 is 16.6 Å². The molecule has 13 heteroatoms. The molecule has 0 aliphatic heterocycles. The molecule has 0 unspecified atom stereocenters. The van der Waals surface area contributed by atoms with Gasteiger partial charge in [0.1, 0.15) is 12.3 Å². The van der Waals surface area contributed by atoms with Crippen LogP contribution in [0.1, 0.15) is 11.3 Å². The Balaban J connectivity index is 1.60. The van der Waals surface area contributed by atoms with E-state index in [0.29, 0.717) is 18.9 Å². The van der Waals surface area contributed by atoms with Gasteiger partial charge >= 0.3 is 11.7 Å². The maximum Gasteiger partial charge on any atom is 0.333 e. The van der Waals surface area contributed by atoms with E-state index in [0.717, 1.165) is 10.1 Å². The standard InChI is InChI=1S/C23H24N6O7/c1-15-10-17(26-36-15)25-18(30)13-35-19(31)12-29-22(32)20-21(24-14-27(20)8-9-34-2)28(23(29)33)11-16-6-4-3-5-7-16/h3-7,10,14H,8-9,11-13H2,1-2H3,(H,25,26,30). The molecule has 188 valence electrons. The molecule has 0 atom stereocenters. The van der Waals surface area contributed by atoms with E-state index in [2.05, 4.69) is 15.5 Å². The number of nitrogens with zero attached hydrogens (tertiary/aromatic N) is 5. The maximum absolute atomic E-state index is 13.3. The van der Waals surface area contributed by atoms with Crippen LogP contribution in [0.5, 0.6) is 0 Å². The SMILES string of the molecule is COCCn1cnc2c1c(=O)n(CC(=O)OCC(=O)Nc1cc(C)on1)c(=O)n2Cc1ccccc1. The van der Waals surface area contributed by atoms with E-state index >= 15 is 0 Å². The summed E-state index contributed by atoms with van der Waals surface area (Å²) >= 11 is 0. The third-order valence-corrected chi connectivity index (χ3v) is 5.25. The number of hydrogen-bond donors (Lipinski definition) is 1. The Kier molecular flexibility index (Phi) is 7.39. The first kappa shape index (κ1) is 24.6. The van der Waals surface area contributed by atoms with Crippen LogP contribution in [0.15, 0.2) is 56.8 Å². The van der Waals surface area contributed by atoms with Crippen LogP contribution in [0.2, 0.25) is 0 Å². The molecule has 1 amide bonds. The average Bonchev–Trinajstić information content (AvgIpc) is 3.48. The molecule has 0 aliphatic carbocycles. The monoisotopic (exact) mass is 496 g/mol. The number of hydrogen-bond acceptors (Lipinski definition) is 9. The van der Waals surface area contributed by atoms with Crippen LogP contribution in [-0.4, -0.2) is 56.0 Å². The Bertz CT molecular complexity index is 1500. The van der Waals surface area contributed by atoms with E-state index in [-0.39, 0.29) is 23.5 Å². The first-order valence-electron chi connectivity index (χ1n) is 11.0. The summed E-state index contributed by atoms with van der Waals surface area (Å²) in [5.74, 6) is -0.926. The summed E-state index contributed by atoms with van der Waals surface area (Å²) < 4.78 is 18.6. The van der Waals surface area contributed by atoms with Crippen molar-refractivity contribution >= 4 is 28.9 Å². The van der Waals surface area contributed by atoms with Crippen molar-refractivity contribution in [1.29, 1.82) is 0 Å². The number of carbonyl (C=O) groups is 2. The second-order valence-electron chi connectivity index (χ2n) is 7.88. The molecule has 36 heavy (non-hydrogen) atoms. The molecule has 3 aromatic heterocycles. The van der Waals surface area contributed by atoms with E-state index in [4.69, 9.17) is 14.0 Å².